The van der Waals surface area contributed by atoms with Crippen LogP contribution in [0.4, 0.5) is 10.1 Å². The smallest absolute Gasteiger partial charge is 0.251 e. The molecule has 1 saturated carbocycles. The Bertz CT molecular complexity index is 1160. The van der Waals surface area contributed by atoms with Crippen LogP contribution in [0.3, 0.4) is 0 Å². The zero-order chi connectivity index (χ0) is 27.4. The minimum Gasteiger partial charge on any atom is -0.340 e. The van der Waals surface area contributed by atoms with Crippen LogP contribution < -0.4 is 31.9 Å². The third-order valence-corrected chi connectivity index (χ3v) is 7.54. The maximum Gasteiger partial charge on any atom is 0.251 e. The van der Waals surface area contributed by atoms with Gasteiger partial charge in [-0.05, 0) is 81.6 Å². The molecule has 9 nitrogen and oxygen atoms in total. The van der Waals surface area contributed by atoms with Gasteiger partial charge in [-0.15, -0.1) is 5.53 Å². The molecule has 2 amide bonds. The monoisotopic (exact) mass is 535 g/mol. The summed E-state index contributed by atoms with van der Waals surface area (Å²) in [6, 6.07) is 14.1. The van der Waals surface area contributed by atoms with Gasteiger partial charge in [0.1, 0.15) is 11.9 Å². The molecule has 0 aromatic heterocycles. The predicted molar refractivity (Wildman–Crippen MR) is 149 cm³/mol. The second-order valence-electron chi connectivity index (χ2n) is 10.8. The number of amides is 2. The van der Waals surface area contributed by atoms with Gasteiger partial charge in [-0.25, -0.2) is 4.39 Å². The average molecular weight is 536 g/mol. The van der Waals surface area contributed by atoms with Crippen LogP contribution in [0.5, 0.6) is 0 Å². The van der Waals surface area contributed by atoms with Crippen LogP contribution in [0.1, 0.15) is 54.9 Å². The fraction of sp³-hybridized carbons (Fsp3) is 0.448. The Hall–Kier alpha value is -3.47. The first-order valence-electron chi connectivity index (χ1n) is 13.8. The number of piperazine rings is 1. The summed E-state index contributed by atoms with van der Waals surface area (Å²) in [7, 11) is 0. The number of halogens is 1. The van der Waals surface area contributed by atoms with E-state index in [9.17, 15) is 14.0 Å². The molecule has 0 bridgehead atoms. The maximum atomic E-state index is 13.6. The summed E-state index contributed by atoms with van der Waals surface area (Å²) in [5.74, 6) is -0.112. The lowest BCUT2D eigenvalue weighted by Crippen LogP contribution is -2.59. The van der Waals surface area contributed by atoms with Crippen molar-refractivity contribution in [2.75, 3.05) is 24.6 Å². The fourth-order valence-corrected chi connectivity index (χ4v) is 5.50. The highest BCUT2D eigenvalue weighted by molar-refractivity contribution is 5.97. The topological polar surface area (TPSA) is 101 Å². The molecule has 2 aromatic rings. The van der Waals surface area contributed by atoms with Crippen molar-refractivity contribution in [2.24, 2.45) is 0 Å². The van der Waals surface area contributed by atoms with Crippen molar-refractivity contribution in [1.82, 2.24) is 31.8 Å². The van der Waals surface area contributed by atoms with Crippen LogP contribution in [-0.2, 0) is 4.79 Å². The number of carbonyl (C=O) groups is 2. The molecule has 3 aliphatic rings. The first-order chi connectivity index (χ1) is 18.9. The lowest BCUT2D eigenvalue weighted by atomic mass is 10.1. The molecule has 5 rings (SSSR count). The van der Waals surface area contributed by atoms with Crippen LogP contribution in [0.2, 0.25) is 0 Å². The molecule has 208 valence electrons. The Kier molecular flexibility index (Phi) is 8.44. The van der Waals surface area contributed by atoms with Crippen LogP contribution in [0, 0.1) is 5.82 Å². The van der Waals surface area contributed by atoms with Gasteiger partial charge in [0.15, 0.2) is 0 Å². The largest absolute Gasteiger partial charge is 0.340 e. The lowest BCUT2D eigenvalue weighted by Gasteiger charge is -2.38. The number of hydrazine groups is 2. The molecule has 2 aromatic carbocycles. The second kappa shape index (κ2) is 12.1. The molecule has 5 atom stereocenters. The number of rotatable bonds is 10. The van der Waals surface area contributed by atoms with Gasteiger partial charge < -0.3 is 26.3 Å². The molecule has 1 aliphatic carbocycles. The molecule has 5 N–H and O–H groups in total. The van der Waals surface area contributed by atoms with Crippen LogP contribution in [-0.4, -0.2) is 60.5 Å². The van der Waals surface area contributed by atoms with Gasteiger partial charge in [0.2, 0.25) is 5.91 Å². The van der Waals surface area contributed by atoms with Gasteiger partial charge in [0, 0.05) is 55.1 Å². The normalized spacial score (nSPS) is 24.8. The molecular formula is C29H38FN7O2. The van der Waals surface area contributed by atoms with E-state index in [0.29, 0.717) is 37.0 Å². The Morgan fingerprint density at radius 3 is 2.44 bits per heavy atom. The number of anilines is 1. The van der Waals surface area contributed by atoms with Gasteiger partial charge in [-0.2, -0.15) is 0 Å². The number of carbonyl (C=O) groups excluding carboxylic acids is 2. The molecule has 1 saturated heterocycles. The molecular weight excluding hydrogens is 497 g/mol. The van der Waals surface area contributed by atoms with E-state index in [-0.39, 0.29) is 29.7 Å². The summed E-state index contributed by atoms with van der Waals surface area (Å²) in [6.07, 6.45) is 5.94. The first kappa shape index (κ1) is 27.1. The van der Waals surface area contributed by atoms with Crippen LogP contribution >= 0.6 is 0 Å². The number of nitrogens with one attached hydrogen (secondary N) is 5. The van der Waals surface area contributed by atoms with E-state index in [1.807, 2.05) is 35.4 Å². The van der Waals surface area contributed by atoms with Gasteiger partial charge in [-0.1, -0.05) is 12.1 Å². The van der Waals surface area contributed by atoms with Crippen LogP contribution in [0.15, 0.2) is 60.9 Å². The Labute approximate surface area is 229 Å². The quantitative estimate of drug-likeness (QED) is 0.298. The van der Waals surface area contributed by atoms with E-state index < -0.39 is 6.04 Å². The zero-order valence-corrected chi connectivity index (χ0v) is 22.5. The van der Waals surface area contributed by atoms with Crippen molar-refractivity contribution in [1.29, 1.82) is 0 Å². The summed E-state index contributed by atoms with van der Waals surface area (Å²) < 4.78 is 13.2. The van der Waals surface area contributed by atoms with E-state index in [1.54, 1.807) is 23.3 Å². The maximum absolute atomic E-state index is 13.6. The summed E-state index contributed by atoms with van der Waals surface area (Å²) in [5.41, 5.74) is 8.38. The SMILES string of the molecule is C[C@@H]1CN(C(=O)[C@H](CCCN[C@@H]2C[C@H]2c2ccc(F)cc2)NC(=O)c2ccc(N3C=CNN3)cc2)C[C@H](C)N1. The zero-order valence-electron chi connectivity index (χ0n) is 22.5. The molecule has 10 heteroatoms. The highest BCUT2D eigenvalue weighted by Crippen LogP contribution is 2.40. The van der Waals surface area contributed by atoms with Crippen molar-refractivity contribution in [3.63, 3.8) is 0 Å². The first-order valence-corrected chi connectivity index (χ1v) is 13.8. The van der Waals surface area contributed by atoms with Crippen molar-refractivity contribution in [2.45, 2.75) is 63.2 Å². The minimum atomic E-state index is -0.601. The van der Waals surface area contributed by atoms with Gasteiger partial charge in [0.25, 0.3) is 5.91 Å². The molecule has 0 spiro atoms. The number of hydrogen-bond acceptors (Lipinski definition) is 7. The summed E-state index contributed by atoms with van der Waals surface area (Å²) in [5, 5.41) is 11.8. The Morgan fingerprint density at radius 1 is 1.05 bits per heavy atom. The Balaban J connectivity index is 1.17. The van der Waals surface area contributed by atoms with E-state index in [4.69, 9.17) is 0 Å². The highest BCUT2D eigenvalue weighted by atomic mass is 19.1. The summed E-state index contributed by atoms with van der Waals surface area (Å²) in [6.45, 7) is 6.13. The van der Waals surface area contributed by atoms with Gasteiger partial charge in [-0.3, -0.25) is 14.6 Å². The molecule has 0 radical (unpaired) electrons. The summed E-state index contributed by atoms with van der Waals surface area (Å²) >= 11 is 0. The highest BCUT2D eigenvalue weighted by Gasteiger charge is 2.38. The minimum absolute atomic E-state index is 0.0340. The van der Waals surface area contributed by atoms with Crippen molar-refractivity contribution < 1.29 is 14.0 Å². The molecule has 2 fully saturated rings. The fourth-order valence-electron chi connectivity index (χ4n) is 5.50. The summed E-state index contributed by atoms with van der Waals surface area (Å²) in [4.78, 5) is 28.7. The third-order valence-electron chi connectivity index (χ3n) is 7.54. The van der Waals surface area contributed by atoms with Crippen molar-refractivity contribution >= 4 is 17.5 Å². The van der Waals surface area contributed by atoms with E-state index >= 15 is 0 Å². The van der Waals surface area contributed by atoms with Crippen LogP contribution in [0.25, 0.3) is 0 Å². The van der Waals surface area contributed by atoms with E-state index in [2.05, 4.69) is 40.8 Å². The van der Waals surface area contributed by atoms with Crippen molar-refractivity contribution in [3.05, 3.63) is 77.9 Å². The molecule has 39 heavy (non-hydrogen) atoms. The van der Waals surface area contributed by atoms with Gasteiger partial charge in [0.05, 0.1) is 5.69 Å². The van der Waals surface area contributed by atoms with Crippen molar-refractivity contribution in [3.8, 4) is 0 Å². The van der Waals surface area contributed by atoms with E-state index in [1.165, 1.54) is 12.1 Å². The van der Waals surface area contributed by atoms with E-state index in [0.717, 1.165) is 30.6 Å². The number of hydrogen-bond donors (Lipinski definition) is 5. The number of nitrogens with zero attached hydrogens (tertiary/aromatic N) is 2. The molecule has 2 heterocycles. The predicted octanol–water partition coefficient (Wildman–Crippen LogP) is 2.36. The molecule has 2 aliphatic heterocycles. The second-order valence-corrected chi connectivity index (χ2v) is 10.8. The third kappa shape index (κ3) is 6.95. The molecule has 0 unspecified atom stereocenters. The Morgan fingerprint density at radius 2 is 1.77 bits per heavy atom. The number of benzene rings is 2. The van der Waals surface area contributed by atoms with Gasteiger partial charge >= 0.3 is 0 Å². The standard InChI is InChI=1S/C29H38FN7O2/c1-19-17-36(18-20(2)33-19)29(39)26(4-3-13-31-27-16-25(27)21-5-9-23(30)10-6-21)34-28(38)22-7-11-24(12-8-22)37-15-14-32-35-37/h5-12,14-15,19-20,25-27,31-33,35H,3-4,13,16-18H2,1-2H3,(H,34,38)/t19-,20+,25-,26-,27+/m0/s1. The lowest BCUT2D eigenvalue weighted by molar-refractivity contribution is -0.135. The average Bonchev–Trinajstić information content (AvgIpc) is 3.48.